The lowest BCUT2D eigenvalue weighted by Crippen LogP contribution is -2.48. The van der Waals surface area contributed by atoms with Crippen molar-refractivity contribution >= 4 is 30.1 Å². The summed E-state index contributed by atoms with van der Waals surface area (Å²) in [6.45, 7) is 1.21. The Balaban J connectivity index is 0.00000196. The van der Waals surface area contributed by atoms with Crippen LogP contribution in [-0.4, -0.2) is 54.9 Å². The maximum absolute atomic E-state index is 12.5. The van der Waals surface area contributed by atoms with Gasteiger partial charge in [-0.15, -0.1) is 24.2 Å². The van der Waals surface area contributed by atoms with Gasteiger partial charge in [0.15, 0.2) is 11.5 Å². The summed E-state index contributed by atoms with van der Waals surface area (Å²) >= 11 is 1.70. The number of hydrogen-bond donors (Lipinski definition) is 1. The Morgan fingerprint density at radius 2 is 1.88 bits per heavy atom. The van der Waals surface area contributed by atoms with Gasteiger partial charge in [0.2, 0.25) is 5.91 Å². The van der Waals surface area contributed by atoms with Gasteiger partial charge in [0, 0.05) is 42.2 Å². The smallest absolute Gasteiger partial charge is 0.223 e. The van der Waals surface area contributed by atoms with Crippen molar-refractivity contribution in [2.45, 2.75) is 55.1 Å². The van der Waals surface area contributed by atoms with Crippen LogP contribution in [0, 0.1) is 0 Å². The molecule has 3 aliphatic rings. The number of halogens is 1. The second-order valence-electron chi connectivity index (χ2n) is 7.17. The molecular weight excluding hydrogens is 372 g/mol. The van der Waals surface area contributed by atoms with E-state index >= 15 is 0 Å². The molecule has 2 fully saturated rings. The molecule has 3 aliphatic heterocycles. The molecule has 0 aromatic heterocycles. The van der Waals surface area contributed by atoms with Crippen LogP contribution < -0.4 is 14.8 Å². The molecule has 4 rings (SSSR count). The third-order valence-electron chi connectivity index (χ3n) is 5.49. The number of piperidine rings is 1. The largest absolute Gasteiger partial charge is 0.486 e. The maximum atomic E-state index is 12.5. The SMILES string of the molecule is CN(C(=O)CCSc1ccc2c(c1)OCCO2)C1CC2CCC(C1)N2.Cl. The summed E-state index contributed by atoms with van der Waals surface area (Å²) in [5.41, 5.74) is 0. The predicted molar refractivity (Wildman–Crippen MR) is 106 cm³/mol. The quantitative estimate of drug-likeness (QED) is 0.772. The number of nitrogens with zero attached hydrogens (tertiary/aromatic N) is 1. The molecule has 0 spiro atoms. The molecule has 2 unspecified atom stereocenters. The van der Waals surface area contributed by atoms with Gasteiger partial charge in [0.25, 0.3) is 0 Å². The minimum absolute atomic E-state index is 0. The minimum atomic E-state index is 0. The second kappa shape index (κ2) is 8.72. The number of carbonyl (C=O) groups is 1. The monoisotopic (exact) mass is 398 g/mol. The molecule has 1 amide bonds. The Labute approximate surface area is 165 Å². The average molecular weight is 399 g/mol. The molecule has 0 aliphatic carbocycles. The molecule has 144 valence electrons. The average Bonchev–Trinajstić information content (AvgIpc) is 2.98. The minimum Gasteiger partial charge on any atom is -0.486 e. The lowest BCUT2D eigenvalue weighted by atomic mass is 9.98. The van der Waals surface area contributed by atoms with E-state index in [1.807, 2.05) is 30.1 Å². The van der Waals surface area contributed by atoms with Crippen LogP contribution in [0.5, 0.6) is 11.5 Å². The van der Waals surface area contributed by atoms with E-state index in [0.717, 1.165) is 35.0 Å². The molecule has 2 saturated heterocycles. The summed E-state index contributed by atoms with van der Waals surface area (Å²) in [6, 6.07) is 7.65. The number of nitrogens with one attached hydrogen (secondary N) is 1. The Kier molecular flexibility index (Phi) is 6.59. The van der Waals surface area contributed by atoms with E-state index in [1.54, 1.807) is 11.8 Å². The number of amides is 1. The van der Waals surface area contributed by atoms with E-state index in [-0.39, 0.29) is 18.3 Å². The van der Waals surface area contributed by atoms with Gasteiger partial charge in [-0.3, -0.25) is 4.79 Å². The lowest BCUT2D eigenvalue weighted by molar-refractivity contribution is -0.132. The van der Waals surface area contributed by atoms with Crippen LogP contribution in [0.25, 0.3) is 0 Å². The number of benzene rings is 1. The summed E-state index contributed by atoms with van der Waals surface area (Å²) in [4.78, 5) is 15.7. The Morgan fingerprint density at radius 1 is 1.19 bits per heavy atom. The molecule has 2 atom stereocenters. The van der Waals surface area contributed by atoms with Gasteiger partial charge in [-0.05, 0) is 43.9 Å². The Bertz CT molecular complexity index is 633. The zero-order valence-corrected chi connectivity index (χ0v) is 16.7. The van der Waals surface area contributed by atoms with E-state index in [1.165, 1.54) is 12.8 Å². The Morgan fingerprint density at radius 3 is 2.62 bits per heavy atom. The van der Waals surface area contributed by atoms with Crippen molar-refractivity contribution in [3.05, 3.63) is 18.2 Å². The van der Waals surface area contributed by atoms with Crippen molar-refractivity contribution in [1.82, 2.24) is 10.2 Å². The normalized spacial score (nSPS) is 26.1. The maximum Gasteiger partial charge on any atom is 0.223 e. The number of hydrogen-bond acceptors (Lipinski definition) is 5. The van der Waals surface area contributed by atoms with Crippen molar-refractivity contribution in [1.29, 1.82) is 0 Å². The van der Waals surface area contributed by atoms with Crippen LogP contribution in [0.3, 0.4) is 0 Å². The summed E-state index contributed by atoms with van der Waals surface area (Å²) < 4.78 is 11.2. The highest BCUT2D eigenvalue weighted by molar-refractivity contribution is 7.99. The summed E-state index contributed by atoms with van der Waals surface area (Å²) in [5.74, 6) is 2.67. The molecule has 5 nitrogen and oxygen atoms in total. The van der Waals surface area contributed by atoms with Crippen molar-refractivity contribution in [3.8, 4) is 11.5 Å². The summed E-state index contributed by atoms with van der Waals surface area (Å²) in [5, 5.41) is 3.64. The van der Waals surface area contributed by atoms with E-state index in [9.17, 15) is 4.79 Å². The first-order chi connectivity index (χ1) is 12.2. The van der Waals surface area contributed by atoms with Crippen LogP contribution in [0.2, 0.25) is 0 Å². The molecule has 0 radical (unpaired) electrons. The van der Waals surface area contributed by atoms with Crippen LogP contribution in [-0.2, 0) is 4.79 Å². The van der Waals surface area contributed by atoms with Gasteiger partial charge < -0.3 is 19.7 Å². The predicted octanol–water partition coefficient (Wildman–Crippen LogP) is 3.10. The summed E-state index contributed by atoms with van der Waals surface area (Å²) in [7, 11) is 1.98. The number of carbonyl (C=O) groups excluding carboxylic acids is 1. The highest BCUT2D eigenvalue weighted by atomic mass is 35.5. The van der Waals surface area contributed by atoms with Crippen LogP contribution in [0.4, 0.5) is 0 Å². The number of rotatable bonds is 5. The van der Waals surface area contributed by atoms with Crippen LogP contribution in [0.1, 0.15) is 32.1 Å². The fourth-order valence-electron chi connectivity index (χ4n) is 4.09. The standard InChI is InChI=1S/C19H26N2O3S.ClH/c1-21(15-10-13-2-3-14(11-15)20-13)19(22)6-9-25-16-4-5-17-18(12-16)24-8-7-23-17;/h4-5,12-15,20H,2-3,6-11H2,1H3;1H. The molecule has 1 N–H and O–H groups in total. The fourth-order valence-corrected chi connectivity index (χ4v) is 4.96. The van der Waals surface area contributed by atoms with Gasteiger partial charge in [0.1, 0.15) is 13.2 Å². The fraction of sp³-hybridized carbons (Fsp3) is 0.632. The van der Waals surface area contributed by atoms with Crippen LogP contribution >= 0.6 is 24.2 Å². The van der Waals surface area contributed by atoms with Crippen molar-refractivity contribution in [2.75, 3.05) is 26.0 Å². The number of fused-ring (bicyclic) bond motifs is 3. The van der Waals surface area contributed by atoms with E-state index < -0.39 is 0 Å². The highest BCUT2D eigenvalue weighted by Gasteiger charge is 2.36. The van der Waals surface area contributed by atoms with Crippen molar-refractivity contribution in [2.24, 2.45) is 0 Å². The molecule has 0 saturated carbocycles. The van der Waals surface area contributed by atoms with Gasteiger partial charge in [-0.2, -0.15) is 0 Å². The summed E-state index contributed by atoms with van der Waals surface area (Å²) in [6.07, 6.45) is 5.32. The number of thioether (sulfide) groups is 1. The molecular formula is C19H27ClN2O3S. The van der Waals surface area contributed by atoms with E-state index in [4.69, 9.17) is 9.47 Å². The molecule has 1 aromatic rings. The van der Waals surface area contributed by atoms with Gasteiger partial charge in [-0.25, -0.2) is 0 Å². The zero-order chi connectivity index (χ0) is 17.2. The third-order valence-corrected chi connectivity index (χ3v) is 6.48. The zero-order valence-electron chi connectivity index (χ0n) is 15.1. The van der Waals surface area contributed by atoms with Crippen LogP contribution in [0.15, 0.2) is 23.1 Å². The van der Waals surface area contributed by atoms with E-state index in [0.29, 0.717) is 37.8 Å². The molecule has 2 bridgehead atoms. The Hall–Kier alpha value is -1.11. The molecule has 3 heterocycles. The molecule has 26 heavy (non-hydrogen) atoms. The topological polar surface area (TPSA) is 50.8 Å². The molecule has 7 heteroatoms. The van der Waals surface area contributed by atoms with Gasteiger partial charge in [0.05, 0.1) is 0 Å². The second-order valence-corrected chi connectivity index (χ2v) is 8.34. The highest BCUT2D eigenvalue weighted by Crippen LogP contribution is 2.34. The first-order valence-corrected chi connectivity index (χ1v) is 10.2. The van der Waals surface area contributed by atoms with E-state index in [2.05, 4.69) is 5.32 Å². The first kappa shape index (κ1) is 19.6. The lowest BCUT2D eigenvalue weighted by Gasteiger charge is -2.35. The van der Waals surface area contributed by atoms with Crippen molar-refractivity contribution < 1.29 is 14.3 Å². The van der Waals surface area contributed by atoms with Gasteiger partial charge >= 0.3 is 0 Å². The van der Waals surface area contributed by atoms with Gasteiger partial charge in [-0.1, -0.05) is 0 Å². The molecule has 1 aromatic carbocycles. The number of ether oxygens (including phenoxy) is 2. The first-order valence-electron chi connectivity index (χ1n) is 9.23. The van der Waals surface area contributed by atoms with Crippen molar-refractivity contribution in [3.63, 3.8) is 0 Å². The third kappa shape index (κ3) is 4.41.